The van der Waals surface area contributed by atoms with E-state index in [-0.39, 0.29) is 0 Å². The van der Waals surface area contributed by atoms with Gasteiger partial charge in [0.15, 0.2) is 0 Å². The molecule has 0 amide bonds. The molecule has 0 aromatic heterocycles. The van der Waals surface area contributed by atoms with Gasteiger partial charge in [-0.25, -0.2) is 0 Å². The molecule has 0 aliphatic heterocycles. The summed E-state index contributed by atoms with van der Waals surface area (Å²) >= 11 is -2.13. The molecule has 0 unspecified atom stereocenters. The van der Waals surface area contributed by atoms with E-state index in [1.165, 1.54) is 0 Å². The summed E-state index contributed by atoms with van der Waals surface area (Å²) < 4.78 is 0. The third kappa shape index (κ3) is 83.5. The molecule has 4 heteroatoms. The van der Waals surface area contributed by atoms with Gasteiger partial charge in [0.05, 0.1) is 0 Å². The number of rotatable bonds is 0. The molecule has 0 saturated heterocycles. The van der Waals surface area contributed by atoms with Gasteiger partial charge in [-0.3, -0.25) is 0 Å². The van der Waals surface area contributed by atoms with Crippen LogP contribution < -0.4 is 0 Å². The van der Waals surface area contributed by atoms with Crippen LogP contribution in [0.25, 0.3) is 0 Å². The van der Waals surface area contributed by atoms with Crippen LogP contribution >= 0.6 is 25.5 Å². The molecule has 0 heterocycles. The third-order valence-electron chi connectivity index (χ3n) is 0. The fourth-order valence-electron chi connectivity index (χ4n) is 0. The molecule has 0 N–H and O–H groups in total. The first-order valence-corrected chi connectivity index (χ1v) is 11.2. The molecule has 0 aromatic rings. The van der Waals surface area contributed by atoms with E-state index in [1.54, 1.807) is 0 Å². The van der Waals surface area contributed by atoms with Crippen molar-refractivity contribution in [2.24, 2.45) is 0 Å². The molecule has 0 bridgehead atoms. The Bertz CT molecular complexity index is 21.4. The van der Waals surface area contributed by atoms with Crippen molar-refractivity contribution in [2.45, 2.75) is 13.8 Å². The molecule has 7 heavy (non-hydrogen) atoms. The first kappa shape index (κ1) is 11.5. The van der Waals surface area contributed by atoms with Gasteiger partial charge in [-0.15, -0.1) is 0 Å². The Morgan fingerprint density at radius 1 is 1.14 bits per heavy atom. The maximum absolute atomic E-state index is 5.00. The third-order valence-corrected chi connectivity index (χ3v) is 0. The second-order valence-corrected chi connectivity index (χ2v) is 12.0. The van der Waals surface area contributed by atoms with E-state index in [2.05, 4.69) is 0 Å². The number of hydrogen-bond donors (Lipinski definition) is 0. The average molecular weight is 241 g/mol. The zero-order valence-corrected chi connectivity index (χ0v) is 8.94. The maximum atomic E-state index is 5.00. The van der Waals surface area contributed by atoms with Crippen LogP contribution in [0.1, 0.15) is 13.8 Å². The first-order chi connectivity index (χ1) is 3.15. The van der Waals surface area contributed by atoms with E-state index in [0.717, 1.165) is 0 Å². The SMILES string of the molecule is C[CH-]C.[Cl][Zr]([Cl])[Cl]. The Morgan fingerprint density at radius 3 is 1.14 bits per heavy atom. The molecular formula is C3H7Cl3Zr-. The summed E-state index contributed by atoms with van der Waals surface area (Å²) in [5.74, 6) is 0. The van der Waals surface area contributed by atoms with Crippen molar-refractivity contribution in [3.8, 4) is 0 Å². The standard InChI is InChI=1S/C3H7.3ClH.Zr/c1-3-2;;;;/h3H,1-2H3;3*1H;/q-1;;;;+3/p-3. The van der Waals surface area contributed by atoms with Gasteiger partial charge in [0.2, 0.25) is 0 Å². The summed E-state index contributed by atoms with van der Waals surface area (Å²) in [7, 11) is 15.0. The van der Waals surface area contributed by atoms with Crippen molar-refractivity contribution in [3.05, 3.63) is 6.42 Å². The van der Waals surface area contributed by atoms with Crippen LogP contribution in [-0.2, 0) is 18.2 Å². The fourth-order valence-corrected chi connectivity index (χ4v) is 0. The predicted molar refractivity (Wildman–Crippen MR) is 33.2 cm³/mol. The summed E-state index contributed by atoms with van der Waals surface area (Å²) in [6.07, 6.45) is 2.00. The van der Waals surface area contributed by atoms with Crippen LogP contribution in [0.15, 0.2) is 0 Å². The van der Waals surface area contributed by atoms with Gasteiger partial charge in [-0.2, -0.15) is 13.8 Å². The normalized spacial score (nSPS) is 6.43. The van der Waals surface area contributed by atoms with Crippen molar-refractivity contribution in [1.82, 2.24) is 0 Å². The van der Waals surface area contributed by atoms with E-state index in [9.17, 15) is 0 Å². The van der Waals surface area contributed by atoms with Crippen molar-refractivity contribution < 1.29 is 18.2 Å². The Balaban J connectivity index is 0. The van der Waals surface area contributed by atoms with E-state index < -0.39 is 18.2 Å². The second kappa shape index (κ2) is 10.7. The van der Waals surface area contributed by atoms with E-state index in [4.69, 9.17) is 25.5 Å². The summed E-state index contributed by atoms with van der Waals surface area (Å²) in [5.41, 5.74) is 0. The van der Waals surface area contributed by atoms with Crippen LogP contribution in [0.5, 0.6) is 0 Å². The van der Waals surface area contributed by atoms with Crippen LogP contribution in [0, 0.1) is 6.42 Å². The van der Waals surface area contributed by atoms with E-state index >= 15 is 0 Å². The van der Waals surface area contributed by atoms with Gasteiger partial charge in [0, 0.05) is 0 Å². The Morgan fingerprint density at radius 2 is 1.14 bits per heavy atom. The minimum atomic E-state index is -2.13. The average Bonchev–Trinajstić information content (AvgIpc) is 1.33. The van der Waals surface area contributed by atoms with Crippen molar-refractivity contribution in [2.75, 3.05) is 0 Å². The fraction of sp³-hybridized carbons (Fsp3) is 0.667. The van der Waals surface area contributed by atoms with E-state index in [1.807, 2.05) is 20.3 Å². The zero-order chi connectivity index (χ0) is 6.28. The predicted octanol–water partition coefficient (Wildman–Crippen LogP) is 3.30. The Labute approximate surface area is 63.5 Å². The van der Waals surface area contributed by atoms with Crippen LogP contribution in [-0.4, -0.2) is 0 Å². The molecule has 0 atom stereocenters. The van der Waals surface area contributed by atoms with Gasteiger partial charge in [-0.1, -0.05) is 0 Å². The van der Waals surface area contributed by atoms with E-state index in [0.29, 0.717) is 0 Å². The van der Waals surface area contributed by atoms with Crippen molar-refractivity contribution in [3.63, 3.8) is 0 Å². The Hall–Kier alpha value is 1.75. The number of halogens is 3. The first-order valence-electron chi connectivity index (χ1n) is 1.72. The Kier molecular flexibility index (Phi) is 17.6. The zero-order valence-electron chi connectivity index (χ0n) is 4.21. The monoisotopic (exact) mass is 238 g/mol. The van der Waals surface area contributed by atoms with Gasteiger partial charge >= 0.3 is 43.7 Å². The summed E-state index contributed by atoms with van der Waals surface area (Å²) in [4.78, 5) is 0. The van der Waals surface area contributed by atoms with Gasteiger partial charge < -0.3 is 6.42 Å². The molecule has 0 rings (SSSR count). The quantitative estimate of drug-likeness (QED) is 0.570. The molecule has 0 aliphatic carbocycles. The molecule has 0 fully saturated rings. The van der Waals surface area contributed by atoms with Crippen LogP contribution in [0.4, 0.5) is 0 Å². The second-order valence-electron chi connectivity index (χ2n) is 0.792. The number of hydrogen-bond acceptors (Lipinski definition) is 0. The van der Waals surface area contributed by atoms with Crippen molar-refractivity contribution >= 4 is 25.5 Å². The van der Waals surface area contributed by atoms with Gasteiger partial charge in [0.1, 0.15) is 0 Å². The molecule has 0 radical (unpaired) electrons. The van der Waals surface area contributed by atoms with Crippen LogP contribution in [0.3, 0.4) is 0 Å². The molecular weight excluding hydrogens is 234 g/mol. The van der Waals surface area contributed by atoms with Gasteiger partial charge in [-0.05, 0) is 0 Å². The summed E-state index contributed by atoms with van der Waals surface area (Å²) in [6, 6.07) is 0. The summed E-state index contributed by atoms with van der Waals surface area (Å²) in [6.45, 7) is 4.00. The summed E-state index contributed by atoms with van der Waals surface area (Å²) in [5, 5.41) is 0. The van der Waals surface area contributed by atoms with Crippen LogP contribution in [0.2, 0.25) is 0 Å². The molecule has 45 valence electrons. The molecule has 0 aliphatic rings. The molecule has 0 spiro atoms. The molecule has 0 saturated carbocycles. The minimum absolute atomic E-state index is 2.00. The van der Waals surface area contributed by atoms with Crippen molar-refractivity contribution in [1.29, 1.82) is 0 Å². The molecule has 0 nitrogen and oxygen atoms in total. The molecule has 0 aromatic carbocycles. The topological polar surface area (TPSA) is 0 Å². The van der Waals surface area contributed by atoms with Gasteiger partial charge in [0.25, 0.3) is 0 Å².